The second-order valence-corrected chi connectivity index (χ2v) is 4.55. The van der Waals surface area contributed by atoms with Gasteiger partial charge in [-0.25, -0.2) is 0 Å². The highest BCUT2D eigenvalue weighted by molar-refractivity contribution is 5.50. The predicted molar refractivity (Wildman–Crippen MR) is 70.8 cm³/mol. The van der Waals surface area contributed by atoms with Crippen molar-refractivity contribution in [3.05, 3.63) is 28.3 Å². The molecule has 6 nitrogen and oxygen atoms in total. The largest absolute Gasteiger partial charge is 0.492 e. The third-order valence-electron chi connectivity index (χ3n) is 3.21. The third kappa shape index (κ3) is 3.57. The Morgan fingerprint density at radius 2 is 2.32 bits per heavy atom. The maximum Gasteiger partial charge on any atom is 0.311 e. The number of piperidine rings is 1. The molecule has 1 unspecified atom stereocenters. The summed E-state index contributed by atoms with van der Waals surface area (Å²) in [6.45, 7) is 1.60. The van der Waals surface area contributed by atoms with E-state index < -0.39 is 4.92 Å². The minimum absolute atomic E-state index is 0.0503. The van der Waals surface area contributed by atoms with Gasteiger partial charge < -0.3 is 14.8 Å². The molecule has 2 rings (SSSR count). The van der Waals surface area contributed by atoms with Gasteiger partial charge in [-0.05, 0) is 25.5 Å². The first-order valence-corrected chi connectivity index (χ1v) is 6.39. The first-order chi connectivity index (χ1) is 9.20. The zero-order valence-corrected chi connectivity index (χ0v) is 10.9. The van der Waals surface area contributed by atoms with Crippen molar-refractivity contribution in [2.75, 3.05) is 20.3 Å². The van der Waals surface area contributed by atoms with Crippen LogP contribution in [-0.2, 0) is 0 Å². The molecule has 0 aliphatic carbocycles. The number of hydrogen-bond donors (Lipinski definition) is 1. The van der Waals surface area contributed by atoms with E-state index in [0.29, 0.717) is 18.4 Å². The van der Waals surface area contributed by atoms with Crippen molar-refractivity contribution in [3.8, 4) is 11.5 Å². The molecular weight excluding hydrogens is 248 g/mol. The molecule has 19 heavy (non-hydrogen) atoms. The Kier molecular flexibility index (Phi) is 4.57. The number of nitro benzene ring substituents is 1. The molecule has 1 aliphatic heterocycles. The number of ether oxygens (including phenoxy) is 2. The number of nitrogens with zero attached hydrogens (tertiary/aromatic N) is 1. The molecule has 0 saturated carbocycles. The number of hydrogen-bond acceptors (Lipinski definition) is 5. The molecule has 1 saturated heterocycles. The number of rotatable bonds is 5. The van der Waals surface area contributed by atoms with Crippen molar-refractivity contribution in [1.29, 1.82) is 0 Å². The van der Waals surface area contributed by atoms with Gasteiger partial charge in [-0.1, -0.05) is 6.42 Å². The molecule has 1 aliphatic rings. The Balaban J connectivity index is 1.98. The first kappa shape index (κ1) is 13.6. The normalized spacial score (nSPS) is 18.9. The Bertz CT molecular complexity index is 444. The summed E-state index contributed by atoms with van der Waals surface area (Å²) in [6, 6.07) is 4.92. The minimum atomic E-state index is -0.467. The summed E-state index contributed by atoms with van der Waals surface area (Å²) in [4.78, 5) is 10.3. The van der Waals surface area contributed by atoms with Gasteiger partial charge in [0.15, 0.2) is 0 Å². The number of methoxy groups -OCH3 is 1. The lowest BCUT2D eigenvalue weighted by Gasteiger charge is -2.23. The minimum Gasteiger partial charge on any atom is -0.492 e. The zero-order chi connectivity index (χ0) is 13.7. The van der Waals surface area contributed by atoms with Gasteiger partial charge in [-0.15, -0.1) is 0 Å². The van der Waals surface area contributed by atoms with E-state index in [1.807, 2.05) is 0 Å². The molecule has 104 valence electrons. The van der Waals surface area contributed by atoms with E-state index in [1.165, 1.54) is 26.0 Å². The fourth-order valence-corrected chi connectivity index (χ4v) is 2.16. The van der Waals surface area contributed by atoms with Gasteiger partial charge in [-0.3, -0.25) is 10.1 Å². The van der Waals surface area contributed by atoms with Crippen molar-refractivity contribution >= 4 is 5.69 Å². The van der Waals surface area contributed by atoms with Crippen LogP contribution in [0.1, 0.15) is 19.3 Å². The maximum absolute atomic E-state index is 10.8. The van der Waals surface area contributed by atoms with Crippen molar-refractivity contribution in [2.45, 2.75) is 25.3 Å². The van der Waals surface area contributed by atoms with Crippen LogP contribution in [0.15, 0.2) is 18.2 Å². The van der Waals surface area contributed by atoms with Crippen molar-refractivity contribution < 1.29 is 14.4 Å². The van der Waals surface area contributed by atoms with E-state index >= 15 is 0 Å². The highest BCUT2D eigenvalue weighted by Gasteiger charge is 2.17. The average Bonchev–Trinajstić information content (AvgIpc) is 2.45. The predicted octanol–water partition coefficient (Wildman–Crippen LogP) is 2.12. The molecule has 1 aromatic rings. The van der Waals surface area contributed by atoms with Crippen LogP contribution in [-0.4, -0.2) is 31.2 Å². The Morgan fingerprint density at radius 3 is 2.95 bits per heavy atom. The van der Waals surface area contributed by atoms with E-state index in [0.717, 1.165) is 13.0 Å². The molecule has 1 atom stereocenters. The van der Waals surface area contributed by atoms with Gasteiger partial charge in [0.1, 0.15) is 12.4 Å². The molecule has 0 spiro atoms. The average molecular weight is 266 g/mol. The summed E-state index contributed by atoms with van der Waals surface area (Å²) in [5, 5.41) is 14.2. The van der Waals surface area contributed by atoms with Crippen LogP contribution < -0.4 is 14.8 Å². The van der Waals surface area contributed by atoms with E-state index in [2.05, 4.69) is 5.32 Å². The van der Waals surface area contributed by atoms with Gasteiger partial charge in [0, 0.05) is 18.2 Å². The fraction of sp³-hybridized carbons (Fsp3) is 0.538. The highest BCUT2D eigenvalue weighted by atomic mass is 16.6. The SMILES string of the molecule is COc1cc(OCC2CCCCN2)ccc1[N+](=O)[O-]. The van der Waals surface area contributed by atoms with E-state index in [4.69, 9.17) is 9.47 Å². The maximum atomic E-state index is 10.8. The Labute approximate surface area is 111 Å². The molecule has 0 radical (unpaired) electrons. The number of nitrogens with one attached hydrogen (secondary N) is 1. The van der Waals surface area contributed by atoms with E-state index in [9.17, 15) is 10.1 Å². The molecule has 6 heteroatoms. The highest BCUT2D eigenvalue weighted by Crippen LogP contribution is 2.30. The summed E-state index contributed by atoms with van der Waals surface area (Å²) in [7, 11) is 1.41. The van der Waals surface area contributed by atoms with Crippen LogP contribution in [0.3, 0.4) is 0 Å². The lowest BCUT2D eigenvalue weighted by Crippen LogP contribution is -2.38. The number of nitro groups is 1. The summed E-state index contributed by atoms with van der Waals surface area (Å²) in [5.41, 5.74) is -0.0503. The lowest BCUT2D eigenvalue weighted by molar-refractivity contribution is -0.385. The lowest BCUT2D eigenvalue weighted by atomic mass is 10.1. The molecule has 1 aromatic carbocycles. The van der Waals surface area contributed by atoms with Gasteiger partial charge in [0.05, 0.1) is 12.0 Å². The quantitative estimate of drug-likeness (QED) is 0.652. The summed E-state index contributed by atoms with van der Waals surface area (Å²) in [6.07, 6.45) is 3.52. The van der Waals surface area contributed by atoms with E-state index in [-0.39, 0.29) is 11.4 Å². The fourth-order valence-electron chi connectivity index (χ4n) is 2.16. The Morgan fingerprint density at radius 1 is 1.47 bits per heavy atom. The van der Waals surface area contributed by atoms with Crippen LogP contribution in [0.5, 0.6) is 11.5 Å². The second kappa shape index (κ2) is 6.38. The molecule has 1 fully saturated rings. The topological polar surface area (TPSA) is 73.6 Å². The molecule has 1 N–H and O–H groups in total. The van der Waals surface area contributed by atoms with Gasteiger partial charge in [0.25, 0.3) is 0 Å². The molecule has 0 aromatic heterocycles. The van der Waals surface area contributed by atoms with Crippen LogP contribution in [0, 0.1) is 10.1 Å². The van der Waals surface area contributed by atoms with Crippen LogP contribution in [0.4, 0.5) is 5.69 Å². The Hall–Kier alpha value is -1.82. The van der Waals surface area contributed by atoms with Crippen molar-refractivity contribution in [1.82, 2.24) is 5.32 Å². The standard InChI is InChI=1S/C13H18N2O4/c1-18-13-8-11(5-6-12(13)15(16)17)19-9-10-4-2-3-7-14-10/h5-6,8,10,14H,2-4,7,9H2,1H3. The second-order valence-electron chi connectivity index (χ2n) is 4.55. The van der Waals surface area contributed by atoms with E-state index in [1.54, 1.807) is 12.1 Å². The molecule has 0 bridgehead atoms. The number of benzene rings is 1. The van der Waals surface area contributed by atoms with Gasteiger partial charge in [0.2, 0.25) is 5.75 Å². The van der Waals surface area contributed by atoms with Crippen molar-refractivity contribution in [3.63, 3.8) is 0 Å². The van der Waals surface area contributed by atoms with Crippen LogP contribution in [0.2, 0.25) is 0 Å². The zero-order valence-electron chi connectivity index (χ0n) is 10.9. The van der Waals surface area contributed by atoms with Gasteiger partial charge in [-0.2, -0.15) is 0 Å². The van der Waals surface area contributed by atoms with Crippen molar-refractivity contribution in [2.24, 2.45) is 0 Å². The van der Waals surface area contributed by atoms with Crippen LogP contribution in [0.25, 0.3) is 0 Å². The first-order valence-electron chi connectivity index (χ1n) is 6.39. The van der Waals surface area contributed by atoms with Crippen LogP contribution >= 0.6 is 0 Å². The molecule has 1 heterocycles. The van der Waals surface area contributed by atoms with Gasteiger partial charge >= 0.3 is 5.69 Å². The third-order valence-corrected chi connectivity index (χ3v) is 3.21. The smallest absolute Gasteiger partial charge is 0.311 e. The summed E-state index contributed by atoms with van der Waals surface area (Å²) < 4.78 is 10.7. The summed E-state index contributed by atoms with van der Waals surface area (Å²) in [5.74, 6) is 0.814. The molecule has 0 amide bonds. The monoisotopic (exact) mass is 266 g/mol. The molecular formula is C13H18N2O4. The summed E-state index contributed by atoms with van der Waals surface area (Å²) >= 11 is 0.